The van der Waals surface area contributed by atoms with E-state index in [2.05, 4.69) is 13.2 Å². The van der Waals surface area contributed by atoms with E-state index in [1.165, 1.54) is 19.1 Å². The quantitative estimate of drug-likeness (QED) is 0.111. The number of allylic oxidation sites excluding steroid dienone is 5. The molecular weight excluding hydrogens is 831 g/mol. The van der Waals surface area contributed by atoms with Crippen molar-refractivity contribution in [2.45, 2.75) is 167 Å². The van der Waals surface area contributed by atoms with Crippen LogP contribution in [0.1, 0.15) is 112 Å². The molecule has 1 saturated carbocycles. The lowest BCUT2D eigenvalue weighted by molar-refractivity contribution is -0.302. The van der Waals surface area contributed by atoms with Crippen molar-refractivity contribution in [2.24, 2.45) is 29.6 Å². The Morgan fingerprint density at radius 2 is 1.50 bits per heavy atom. The fourth-order valence-corrected chi connectivity index (χ4v) is 9.42. The molecule has 64 heavy (non-hydrogen) atoms. The van der Waals surface area contributed by atoms with Gasteiger partial charge in [0.15, 0.2) is 0 Å². The van der Waals surface area contributed by atoms with Crippen molar-refractivity contribution in [2.75, 3.05) is 27.9 Å². The van der Waals surface area contributed by atoms with Crippen LogP contribution in [0.25, 0.3) is 0 Å². The first-order valence-corrected chi connectivity index (χ1v) is 22.5. The Kier molecular flexibility index (Phi) is 23.8. The molecule has 3 fully saturated rings. The number of ketones is 2. The molecule has 3 aliphatic heterocycles. The predicted octanol–water partition coefficient (Wildman–Crippen LogP) is 6.05. The zero-order valence-electron chi connectivity index (χ0n) is 39.5. The Morgan fingerprint density at radius 3 is 2.08 bits per heavy atom. The van der Waals surface area contributed by atoms with Crippen LogP contribution in [0.4, 0.5) is 4.79 Å². The van der Waals surface area contributed by atoms with Crippen LogP contribution < -0.4 is 0 Å². The van der Waals surface area contributed by atoms with Gasteiger partial charge in [-0.15, -0.1) is 13.2 Å². The van der Waals surface area contributed by atoms with Gasteiger partial charge in [0.25, 0.3) is 11.7 Å². The van der Waals surface area contributed by atoms with Crippen molar-refractivity contribution in [1.82, 2.24) is 4.90 Å². The minimum Gasteiger partial charge on any atom is -0.456 e. The van der Waals surface area contributed by atoms with Gasteiger partial charge in [0.1, 0.15) is 24.0 Å². The highest BCUT2D eigenvalue weighted by atomic mass is 16.7. The fraction of sp³-hybridized carbons (Fsp3) is 0.729. The molecule has 1 aliphatic carbocycles. The van der Waals surface area contributed by atoms with Crippen LogP contribution in [-0.2, 0) is 42.9 Å². The number of cyclic esters (lactones) is 1. The van der Waals surface area contributed by atoms with Gasteiger partial charge in [-0.2, -0.15) is 0 Å². The number of nitrogens with zero attached hydrogens (tertiary/aromatic N) is 1. The largest absolute Gasteiger partial charge is 0.503 e. The molecule has 0 aromatic rings. The van der Waals surface area contributed by atoms with Gasteiger partial charge in [0.2, 0.25) is 5.79 Å². The Morgan fingerprint density at radius 1 is 0.906 bits per heavy atom. The van der Waals surface area contributed by atoms with Crippen LogP contribution in [0.3, 0.4) is 0 Å². The first kappa shape index (κ1) is 56.4. The lowest BCUT2D eigenvalue weighted by Crippen LogP contribution is -2.64. The molecule has 3 heterocycles. The summed E-state index contributed by atoms with van der Waals surface area (Å²) in [6.07, 6.45) is 4.85. The van der Waals surface area contributed by atoms with E-state index in [0.29, 0.717) is 56.9 Å². The van der Waals surface area contributed by atoms with E-state index in [1.54, 1.807) is 33.1 Å². The van der Waals surface area contributed by atoms with Gasteiger partial charge in [0, 0.05) is 52.0 Å². The number of carbonyl (C=O) groups excluding carboxylic acids is 4. The maximum absolute atomic E-state index is 14.3. The van der Waals surface area contributed by atoms with Crippen LogP contribution in [-0.4, -0.2) is 142 Å². The molecule has 0 radical (unpaired) electrons. The number of carbonyl (C=O) groups is 5. The Bertz CT molecular complexity index is 1620. The topological polar surface area (TPSA) is 236 Å². The molecule has 0 aromatic heterocycles. The smallest absolute Gasteiger partial charge is 0.456 e. The third-order valence-corrected chi connectivity index (χ3v) is 12.9. The lowest BCUT2D eigenvalue weighted by Gasteiger charge is -2.47. The molecular formula is C48H77NO15. The second-order valence-electron chi connectivity index (χ2n) is 18.0. The van der Waals surface area contributed by atoms with Gasteiger partial charge in [-0.05, 0) is 102 Å². The molecule has 2 bridgehead atoms. The number of Topliss-reactive ketones (excluding diaryl/α,β-unsaturated/α-hetero) is 2. The summed E-state index contributed by atoms with van der Waals surface area (Å²) in [6.45, 7) is 18.4. The van der Waals surface area contributed by atoms with Crippen molar-refractivity contribution in [1.29, 1.82) is 0 Å². The molecule has 4 rings (SSSR count). The Hall–Kier alpha value is -3.77. The van der Waals surface area contributed by atoms with Crippen molar-refractivity contribution in [3.8, 4) is 0 Å². The van der Waals surface area contributed by atoms with Crippen LogP contribution in [0.2, 0.25) is 0 Å². The normalized spacial score (nSPS) is 37.1. The standard InChI is InChI=1S/C44H69NO12.C3H6.CH2O3/c1-10-13-31-19-25(2)18-26(3)20-37(54-8)40-38(55-9)22-28(5)44(52,57-40)41(49)42(50)45-17-12-11-14-32(45)43(51)56-39(29(6)34(47)24-35(31)48)27(4)21-30-15-16-33(46)36(23-30)53-7;1-3-2;2-1(3)4/h10,19,21,26,28-34,36-40,46-47,52H,1,11-18,20,22-24H2,2-9H3;3H,1H2,2H3;(H2,2,3,4)/b25-19+,27-21+;;/t26-,28+,29+,30?,31+,32-,33+,34-,36+,37-,38-,39+,40+,44+;;/m0../s1. The first-order valence-electron chi connectivity index (χ1n) is 22.5. The summed E-state index contributed by atoms with van der Waals surface area (Å²) in [6, 6.07) is -1.14. The van der Waals surface area contributed by atoms with Gasteiger partial charge in [0.05, 0.1) is 30.5 Å². The number of ether oxygens (including phenoxy) is 5. The summed E-state index contributed by atoms with van der Waals surface area (Å²) in [5.41, 5.74) is 1.61. The zero-order chi connectivity index (χ0) is 48.5. The lowest BCUT2D eigenvalue weighted by atomic mass is 9.81. The summed E-state index contributed by atoms with van der Waals surface area (Å²) in [5, 5.41) is 48.1. The van der Waals surface area contributed by atoms with E-state index in [9.17, 15) is 34.5 Å². The summed E-state index contributed by atoms with van der Waals surface area (Å²) in [7, 11) is 4.61. The average molecular weight is 908 g/mol. The van der Waals surface area contributed by atoms with Gasteiger partial charge < -0.3 is 54.1 Å². The number of piperidine rings is 1. The number of methoxy groups -OCH3 is 3. The number of amides is 1. The predicted molar refractivity (Wildman–Crippen MR) is 239 cm³/mol. The minimum absolute atomic E-state index is 0.00988. The molecule has 0 spiro atoms. The second kappa shape index (κ2) is 27.0. The van der Waals surface area contributed by atoms with Crippen LogP contribution >= 0.6 is 0 Å². The fourth-order valence-electron chi connectivity index (χ4n) is 9.42. The van der Waals surface area contributed by atoms with Crippen molar-refractivity contribution >= 4 is 29.6 Å². The van der Waals surface area contributed by atoms with Gasteiger partial charge in [-0.1, -0.05) is 50.6 Å². The van der Waals surface area contributed by atoms with Gasteiger partial charge >= 0.3 is 12.1 Å². The third-order valence-electron chi connectivity index (χ3n) is 12.9. The number of fused-ring (bicyclic) bond motifs is 3. The molecule has 16 heteroatoms. The van der Waals surface area contributed by atoms with Crippen LogP contribution in [0.5, 0.6) is 0 Å². The first-order chi connectivity index (χ1) is 30.1. The summed E-state index contributed by atoms with van der Waals surface area (Å²) < 4.78 is 29.7. The maximum Gasteiger partial charge on any atom is 0.503 e. The van der Waals surface area contributed by atoms with Crippen molar-refractivity contribution in [3.05, 3.63) is 48.6 Å². The van der Waals surface area contributed by atoms with Gasteiger partial charge in [-0.3, -0.25) is 14.4 Å². The van der Waals surface area contributed by atoms with Crippen LogP contribution in [0, 0.1) is 29.6 Å². The Labute approximate surface area is 379 Å². The third kappa shape index (κ3) is 15.7. The number of esters is 1. The van der Waals surface area contributed by atoms with Crippen LogP contribution in [0.15, 0.2) is 48.6 Å². The highest BCUT2D eigenvalue weighted by Gasteiger charge is 2.56. The highest BCUT2D eigenvalue weighted by molar-refractivity contribution is 6.39. The van der Waals surface area contributed by atoms with Crippen molar-refractivity contribution in [3.63, 3.8) is 0 Å². The minimum atomic E-state index is -2.51. The SMILES string of the molecule is C=CC.C=CC[C@@H]1/C=C(\C)C[C@H](C)C[C@H](OC)[C@H]2O[C@@](O)(C(=O)C(=O)N3CCCC[C@H]3C(=O)O[C@H](/C(C)=C/C3CC[C@@H](O)[C@H](OC)C3)[C@H](C)[C@@H](O)CC1=O)[C@H](C)C[C@@H]2OC.O=C(O)O. The second-order valence-corrected chi connectivity index (χ2v) is 18.0. The highest BCUT2D eigenvalue weighted by Crippen LogP contribution is 2.39. The number of aliphatic hydroxyl groups excluding tert-OH is 2. The number of hydrogen-bond donors (Lipinski definition) is 5. The van der Waals surface area contributed by atoms with E-state index in [4.69, 9.17) is 38.7 Å². The van der Waals surface area contributed by atoms with Gasteiger partial charge in [-0.25, -0.2) is 9.59 Å². The molecule has 0 aromatic carbocycles. The zero-order valence-corrected chi connectivity index (χ0v) is 39.5. The molecule has 5 N–H and O–H groups in total. The Balaban J connectivity index is 0.00000188. The molecule has 16 nitrogen and oxygen atoms in total. The van der Waals surface area contributed by atoms with E-state index in [0.717, 1.165) is 5.57 Å². The number of aliphatic hydroxyl groups is 3. The number of rotatable bonds is 7. The molecule has 1 amide bonds. The van der Waals surface area contributed by atoms with E-state index >= 15 is 0 Å². The van der Waals surface area contributed by atoms with Crippen molar-refractivity contribution < 1.29 is 73.2 Å². The summed E-state index contributed by atoms with van der Waals surface area (Å²) in [4.78, 5) is 66.4. The molecule has 2 saturated heterocycles. The maximum atomic E-state index is 14.3. The average Bonchev–Trinajstić information content (AvgIpc) is 3.24. The van der Waals surface area contributed by atoms with E-state index in [1.807, 2.05) is 39.8 Å². The molecule has 4 aliphatic rings. The number of carboxylic acid groups (broad SMARTS) is 2. The monoisotopic (exact) mass is 908 g/mol. The molecule has 1 unspecified atom stereocenters. The molecule has 14 atom stereocenters. The van der Waals surface area contributed by atoms with E-state index < -0.39 is 90.0 Å². The molecule has 364 valence electrons. The van der Waals surface area contributed by atoms with E-state index in [-0.39, 0.29) is 49.5 Å². The summed E-state index contributed by atoms with van der Waals surface area (Å²) in [5.74, 6) is -7.76. The summed E-state index contributed by atoms with van der Waals surface area (Å²) >= 11 is 0. The number of hydrogen-bond acceptors (Lipinski definition) is 13.